The average molecular weight is 506 g/mol. The molecule has 3 aromatic rings. The smallest absolute Gasteiger partial charge is 0.270 e. The molecule has 6 nitrogen and oxygen atoms in total. The van der Waals surface area contributed by atoms with Crippen LogP contribution in [0.1, 0.15) is 25.3 Å². The van der Waals surface area contributed by atoms with Gasteiger partial charge in [-0.2, -0.15) is 0 Å². The van der Waals surface area contributed by atoms with Gasteiger partial charge in [-0.1, -0.05) is 67.9 Å². The van der Waals surface area contributed by atoms with Gasteiger partial charge in [0.05, 0.1) is 28.1 Å². The molecule has 5 rings (SSSR count). The summed E-state index contributed by atoms with van der Waals surface area (Å²) >= 11 is 0. The Hall–Kier alpha value is -4.59. The molecule has 0 radical (unpaired) electrons. The van der Waals surface area contributed by atoms with Gasteiger partial charge in [0.25, 0.3) is 5.70 Å². The number of nitriles is 1. The van der Waals surface area contributed by atoms with Gasteiger partial charge >= 0.3 is 0 Å². The first-order valence-corrected chi connectivity index (χ1v) is 13.4. The minimum absolute atomic E-state index is 0.0753. The molecule has 2 aliphatic rings. The van der Waals surface area contributed by atoms with Crippen molar-refractivity contribution in [1.82, 2.24) is 0 Å². The van der Waals surface area contributed by atoms with Crippen LogP contribution in [0.25, 0.3) is 21.5 Å². The molecule has 2 heterocycles. The Morgan fingerprint density at radius 1 is 1.05 bits per heavy atom. The molecule has 37 heavy (non-hydrogen) atoms. The van der Waals surface area contributed by atoms with Crippen molar-refractivity contribution < 1.29 is 13.2 Å². The van der Waals surface area contributed by atoms with E-state index in [1.807, 2.05) is 41.3 Å². The predicted molar refractivity (Wildman–Crippen MR) is 144 cm³/mol. The van der Waals surface area contributed by atoms with E-state index in [1.165, 1.54) is 12.1 Å². The van der Waals surface area contributed by atoms with Crippen LogP contribution >= 0.6 is 0 Å². The fourth-order valence-electron chi connectivity index (χ4n) is 4.58. The predicted octanol–water partition coefficient (Wildman–Crippen LogP) is 6.72. The van der Waals surface area contributed by atoms with Crippen molar-refractivity contribution in [3.8, 4) is 22.9 Å². The van der Waals surface area contributed by atoms with Gasteiger partial charge in [-0.15, -0.1) is 0 Å². The van der Waals surface area contributed by atoms with E-state index in [1.54, 1.807) is 24.3 Å². The molecule has 0 unspecified atom stereocenters. The van der Waals surface area contributed by atoms with Gasteiger partial charge < -0.3 is 9.64 Å². The maximum Gasteiger partial charge on any atom is 0.270 e. The normalized spacial score (nSPS) is 18.6. The van der Waals surface area contributed by atoms with Crippen molar-refractivity contribution >= 4 is 21.1 Å². The number of allylic oxidation sites excluding steroid dienone is 4. The maximum atomic E-state index is 13.4. The molecule has 0 spiro atoms. The Balaban J connectivity index is 1.61. The number of sulfone groups is 1. The Labute approximate surface area is 216 Å². The van der Waals surface area contributed by atoms with Crippen LogP contribution < -0.4 is 9.64 Å². The van der Waals surface area contributed by atoms with Gasteiger partial charge in [0, 0.05) is 18.2 Å². The fraction of sp³-hybridized carbons (Fsp3) is 0.133. The summed E-state index contributed by atoms with van der Waals surface area (Å²) in [6, 6.07) is 24.4. The standard InChI is InChI=1S/C30H23N3O3S/c1-3-4-18-33-25-19-22(21-10-6-5-7-11-21)14-15-26(25)36-29(33)17-16-28-30(24(20-31)32-2)23-12-8-9-13-27(23)37(28,34)35/h5-17,19H,3-4,18H2,1H3/b28-16-,29-17-,30-24+. The molecule has 0 fully saturated rings. The summed E-state index contributed by atoms with van der Waals surface area (Å²) in [5.41, 5.74) is 3.29. The lowest BCUT2D eigenvalue weighted by Crippen LogP contribution is -2.21. The second-order valence-electron chi connectivity index (χ2n) is 8.64. The molecule has 0 aromatic heterocycles. The minimum atomic E-state index is -3.91. The number of hydrogen-bond acceptors (Lipinski definition) is 5. The quantitative estimate of drug-likeness (QED) is 0.284. The molecular weight excluding hydrogens is 482 g/mol. The lowest BCUT2D eigenvalue weighted by Gasteiger charge is -2.18. The Morgan fingerprint density at radius 3 is 2.54 bits per heavy atom. The third-order valence-corrected chi connectivity index (χ3v) is 8.24. The largest absolute Gasteiger partial charge is 0.439 e. The van der Waals surface area contributed by atoms with Crippen LogP contribution in [0, 0.1) is 17.9 Å². The second kappa shape index (κ2) is 9.81. The number of hydrogen-bond donors (Lipinski definition) is 0. The summed E-state index contributed by atoms with van der Waals surface area (Å²) < 4.78 is 33.0. The Bertz CT molecular complexity index is 1650. The fourth-order valence-corrected chi connectivity index (χ4v) is 6.25. The molecule has 0 amide bonds. The van der Waals surface area contributed by atoms with Crippen LogP contribution in [0.3, 0.4) is 0 Å². The first-order valence-electron chi connectivity index (χ1n) is 11.9. The topological polar surface area (TPSA) is 74.8 Å². The van der Waals surface area contributed by atoms with E-state index in [9.17, 15) is 13.7 Å². The van der Waals surface area contributed by atoms with Crippen LogP contribution in [-0.2, 0) is 9.84 Å². The number of benzene rings is 3. The van der Waals surface area contributed by atoms with Crippen LogP contribution in [0.4, 0.5) is 5.69 Å². The number of ether oxygens (including phenoxy) is 1. The molecule has 0 saturated carbocycles. The molecule has 0 aliphatic carbocycles. The lowest BCUT2D eigenvalue weighted by molar-refractivity contribution is 0.437. The molecular formula is C30H23N3O3S. The van der Waals surface area contributed by atoms with Gasteiger partial charge in [-0.05, 0) is 47.4 Å². The summed E-state index contributed by atoms with van der Waals surface area (Å²) in [4.78, 5) is 5.37. The van der Waals surface area contributed by atoms with Crippen molar-refractivity contribution in [3.63, 3.8) is 0 Å². The van der Waals surface area contributed by atoms with E-state index in [0.717, 1.165) is 29.7 Å². The molecule has 0 N–H and O–H groups in total. The highest BCUT2D eigenvalue weighted by Gasteiger charge is 2.37. The highest BCUT2D eigenvalue weighted by Crippen LogP contribution is 2.46. The Kier molecular flexibility index (Phi) is 6.40. The molecule has 0 saturated heterocycles. The zero-order valence-corrected chi connectivity index (χ0v) is 21.0. The molecule has 3 aromatic carbocycles. The van der Waals surface area contributed by atoms with Gasteiger partial charge in [-0.3, -0.25) is 0 Å². The summed E-state index contributed by atoms with van der Waals surface area (Å²) in [6.45, 7) is 10.2. The zero-order chi connectivity index (χ0) is 26.0. The van der Waals surface area contributed by atoms with Crippen molar-refractivity contribution in [2.75, 3.05) is 11.4 Å². The average Bonchev–Trinajstić information content (AvgIpc) is 3.38. The first kappa shape index (κ1) is 24.1. The number of fused-ring (bicyclic) bond motifs is 2. The van der Waals surface area contributed by atoms with Crippen molar-refractivity contribution in [2.45, 2.75) is 24.7 Å². The van der Waals surface area contributed by atoms with Crippen molar-refractivity contribution in [2.24, 2.45) is 0 Å². The second-order valence-corrected chi connectivity index (χ2v) is 10.5. The summed E-state index contributed by atoms with van der Waals surface area (Å²) in [6.07, 6.45) is 4.96. The van der Waals surface area contributed by atoms with Gasteiger partial charge in [-0.25, -0.2) is 18.5 Å². The summed E-state index contributed by atoms with van der Waals surface area (Å²) in [5, 5.41) is 9.57. The molecule has 7 heteroatoms. The van der Waals surface area contributed by atoms with E-state index < -0.39 is 9.84 Å². The summed E-state index contributed by atoms with van der Waals surface area (Å²) in [7, 11) is -3.91. The van der Waals surface area contributed by atoms with E-state index in [0.29, 0.717) is 23.7 Å². The third kappa shape index (κ3) is 4.20. The molecule has 182 valence electrons. The third-order valence-electron chi connectivity index (χ3n) is 6.39. The van der Waals surface area contributed by atoms with Crippen LogP contribution in [0.15, 0.2) is 106 Å². The van der Waals surface area contributed by atoms with Crippen LogP contribution in [-0.4, -0.2) is 15.0 Å². The monoisotopic (exact) mass is 505 g/mol. The van der Waals surface area contributed by atoms with E-state index in [2.05, 4.69) is 30.0 Å². The van der Waals surface area contributed by atoms with Crippen molar-refractivity contribution in [3.05, 3.63) is 118 Å². The molecule has 0 bridgehead atoms. The minimum Gasteiger partial charge on any atom is -0.439 e. The van der Waals surface area contributed by atoms with Gasteiger partial charge in [0.1, 0.15) is 0 Å². The highest BCUT2D eigenvalue weighted by atomic mass is 32.2. The van der Waals surface area contributed by atoms with Crippen molar-refractivity contribution in [1.29, 1.82) is 5.26 Å². The Morgan fingerprint density at radius 2 is 1.81 bits per heavy atom. The van der Waals surface area contributed by atoms with E-state index in [-0.39, 0.29) is 21.1 Å². The number of unbranched alkanes of at least 4 members (excludes halogenated alkanes) is 1. The SMILES string of the molecule is [C-]#[N+]/C(C#N)=C1/C(=C/C=C2\Oc3ccc(-c4ccccc4)cc3N2CCCC)S(=O)(=O)c2ccccc21. The number of rotatable bonds is 5. The van der Waals surface area contributed by atoms with E-state index >= 15 is 0 Å². The molecule has 2 aliphatic heterocycles. The lowest BCUT2D eigenvalue weighted by atomic mass is 10.0. The van der Waals surface area contributed by atoms with E-state index in [4.69, 9.17) is 11.3 Å². The van der Waals surface area contributed by atoms with Gasteiger partial charge in [0.15, 0.2) is 5.75 Å². The van der Waals surface area contributed by atoms with Crippen LogP contribution in [0.2, 0.25) is 0 Å². The number of anilines is 1. The first-order chi connectivity index (χ1) is 18.0. The zero-order valence-electron chi connectivity index (χ0n) is 20.2. The summed E-state index contributed by atoms with van der Waals surface area (Å²) in [5.74, 6) is 1.18. The molecule has 0 atom stereocenters. The van der Waals surface area contributed by atoms with Gasteiger partial charge in [0.2, 0.25) is 15.7 Å². The maximum absolute atomic E-state index is 13.4. The highest BCUT2D eigenvalue weighted by molar-refractivity contribution is 7.96. The number of nitrogens with zero attached hydrogens (tertiary/aromatic N) is 3. The van der Waals surface area contributed by atoms with Crippen LogP contribution in [0.5, 0.6) is 5.75 Å².